The number of carbonyl (C=O) groups excluding carboxylic acids is 1. The molecule has 9 nitrogen and oxygen atoms in total. The van der Waals surface area contributed by atoms with Crippen LogP contribution in [-0.4, -0.2) is 38.1 Å². The predicted molar refractivity (Wildman–Crippen MR) is 76.5 cm³/mol. The lowest BCUT2D eigenvalue weighted by atomic mass is 10.0. The molecule has 9 heteroatoms. The molecule has 0 saturated heterocycles. The smallest absolute Gasteiger partial charge is 0.326 e. The number of carboxylic acid groups (broad SMARTS) is 1. The number of carboxylic acids is 1. The summed E-state index contributed by atoms with van der Waals surface area (Å²) in [5, 5.41) is 28.9. The first-order valence-electron chi connectivity index (χ1n) is 6.47. The van der Waals surface area contributed by atoms with Gasteiger partial charge in [-0.25, -0.2) is 4.79 Å². The Morgan fingerprint density at radius 3 is 2.64 bits per heavy atom. The third kappa shape index (κ3) is 2.87. The Kier molecular flexibility index (Phi) is 4.06. The quantitative estimate of drug-likeness (QED) is 0.562. The van der Waals surface area contributed by atoms with Crippen molar-refractivity contribution in [3.05, 3.63) is 34.0 Å². The highest BCUT2D eigenvalue weighted by molar-refractivity contribution is 6.06. The molecule has 0 spiro atoms. The Morgan fingerprint density at radius 2 is 2.09 bits per heavy atom. The minimum atomic E-state index is -1.16. The zero-order valence-electron chi connectivity index (χ0n) is 11.9. The Morgan fingerprint density at radius 1 is 1.41 bits per heavy atom. The first kappa shape index (κ1) is 15.4. The van der Waals surface area contributed by atoms with Gasteiger partial charge in [0.25, 0.3) is 11.6 Å². The van der Waals surface area contributed by atoms with Crippen LogP contribution in [-0.2, 0) is 4.79 Å². The van der Waals surface area contributed by atoms with Gasteiger partial charge in [-0.05, 0) is 12.0 Å². The highest BCUT2D eigenvalue weighted by atomic mass is 16.6. The number of nitrogens with one attached hydrogen (secondary N) is 2. The van der Waals surface area contributed by atoms with Gasteiger partial charge in [0.05, 0.1) is 10.4 Å². The summed E-state index contributed by atoms with van der Waals surface area (Å²) in [6, 6.07) is 2.88. The lowest BCUT2D eigenvalue weighted by Gasteiger charge is -2.17. The molecule has 1 heterocycles. The molecule has 2 aromatic rings. The number of aromatic nitrogens is 2. The van der Waals surface area contributed by atoms with Crippen LogP contribution in [0.25, 0.3) is 10.9 Å². The van der Waals surface area contributed by atoms with E-state index in [0.717, 1.165) is 0 Å². The second-order valence-corrected chi connectivity index (χ2v) is 5.09. The molecule has 3 N–H and O–H groups in total. The van der Waals surface area contributed by atoms with Gasteiger partial charge in [0.15, 0.2) is 5.69 Å². The monoisotopic (exact) mass is 306 g/mol. The van der Waals surface area contributed by atoms with Gasteiger partial charge in [-0.15, -0.1) is 0 Å². The number of nitrogens with zero attached hydrogens (tertiary/aromatic N) is 2. The van der Waals surface area contributed by atoms with Crippen LogP contribution in [0.5, 0.6) is 0 Å². The number of H-pyrrole nitrogens is 1. The number of amides is 1. The zero-order valence-corrected chi connectivity index (χ0v) is 11.9. The standard InChI is InChI=1S/C13H14N4O5/c1-6(2)10(13(19)20)14-12(18)11-8-5-7(17(21)22)3-4-9(8)15-16-11/h3-6,10H,1-2H3,(H,14,18)(H,15,16)(H,19,20)/t10-/m1/s1. The fourth-order valence-electron chi connectivity index (χ4n) is 2.01. The molecular weight excluding hydrogens is 292 g/mol. The maximum absolute atomic E-state index is 12.2. The number of hydrogen-bond acceptors (Lipinski definition) is 5. The minimum Gasteiger partial charge on any atom is -0.480 e. The molecule has 0 aliphatic carbocycles. The zero-order chi connectivity index (χ0) is 16.4. The van der Waals surface area contributed by atoms with E-state index in [0.29, 0.717) is 5.52 Å². The summed E-state index contributed by atoms with van der Waals surface area (Å²) in [5.74, 6) is -2.18. The Hall–Kier alpha value is -2.97. The highest BCUT2D eigenvalue weighted by Crippen LogP contribution is 2.22. The van der Waals surface area contributed by atoms with Crippen molar-refractivity contribution in [3.8, 4) is 0 Å². The summed E-state index contributed by atoms with van der Waals surface area (Å²) in [4.78, 5) is 33.5. The molecule has 116 valence electrons. The number of fused-ring (bicyclic) bond motifs is 1. The molecule has 0 bridgehead atoms. The van der Waals surface area contributed by atoms with Crippen molar-refractivity contribution < 1.29 is 19.6 Å². The summed E-state index contributed by atoms with van der Waals surface area (Å²) in [5.41, 5.74) is 0.194. The number of nitro benzene ring substituents is 1. The third-order valence-corrected chi connectivity index (χ3v) is 3.19. The van der Waals surface area contributed by atoms with Gasteiger partial charge in [-0.2, -0.15) is 5.10 Å². The van der Waals surface area contributed by atoms with E-state index in [4.69, 9.17) is 5.11 Å². The Labute approximate surface area is 124 Å². The van der Waals surface area contributed by atoms with Crippen molar-refractivity contribution in [3.63, 3.8) is 0 Å². The molecule has 0 aliphatic rings. The number of non-ortho nitro benzene ring substituents is 1. The number of nitro groups is 1. The van der Waals surface area contributed by atoms with E-state index in [2.05, 4.69) is 15.5 Å². The van der Waals surface area contributed by atoms with E-state index in [1.165, 1.54) is 18.2 Å². The largest absolute Gasteiger partial charge is 0.480 e. The van der Waals surface area contributed by atoms with Crippen LogP contribution in [0, 0.1) is 16.0 Å². The van der Waals surface area contributed by atoms with E-state index in [9.17, 15) is 19.7 Å². The average molecular weight is 306 g/mol. The van der Waals surface area contributed by atoms with Gasteiger partial charge in [0.1, 0.15) is 6.04 Å². The van der Waals surface area contributed by atoms with E-state index in [1.807, 2.05) is 0 Å². The van der Waals surface area contributed by atoms with E-state index < -0.39 is 22.8 Å². The molecule has 1 aromatic carbocycles. The number of aliphatic carboxylic acids is 1. The van der Waals surface area contributed by atoms with Crippen LogP contribution in [0.2, 0.25) is 0 Å². The van der Waals surface area contributed by atoms with Crippen molar-refractivity contribution in [2.24, 2.45) is 5.92 Å². The highest BCUT2D eigenvalue weighted by Gasteiger charge is 2.26. The number of hydrogen-bond donors (Lipinski definition) is 3. The summed E-state index contributed by atoms with van der Waals surface area (Å²) in [6.45, 7) is 3.32. The van der Waals surface area contributed by atoms with Crippen LogP contribution in [0.4, 0.5) is 5.69 Å². The maximum Gasteiger partial charge on any atom is 0.326 e. The predicted octanol–water partition coefficient (Wildman–Crippen LogP) is 1.31. The normalized spacial score (nSPS) is 12.3. The van der Waals surface area contributed by atoms with Crippen molar-refractivity contribution in [1.82, 2.24) is 15.5 Å². The Bertz CT molecular complexity index is 752. The third-order valence-electron chi connectivity index (χ3n) is 3.19. The van der Waals surface area contributed by atoms with Crippen molar-refractivity contribution in [2.45, 2.75) is 19.9 Å². The molecule has 2 rings (SSSR count). The van der Waals surface area contributed by atoms with Crippen LogP contribution in [0.3, 0.4) is 0 Å². The van der Waals surface area contributed by atoms with Gasteiger partial charge >= 0.3 is 5.97 Å². The molecule has 0 saturated carbocycles. The van der Waals surface area contributed by atoms with Crippen molar-refractivity contribution >= 4 is 28.5 Å². The number of aromatic amines is 1. The summed E-state index contributed by atoms with van der Waals surface area (Å²) >= 11 is 0. The second kappa shape index (κ2) is 5.80. The van der Waals surface area contributed by atoms with Gasteiger partial charge in [0.2, 0.25) is 0 Å². The van der Waals surface area contributed by atoms with Crippen LogP contribution < -0.4 is 5.32 Å². The van der Waals surface area contributed by atoms with Crippen molar-refractivity contribution in [2.75, 3.05) is 0 Å². The van der Waals surface area contributed by atoms with Crippen LogP contribution >= 0.6 is 0 Å². The van der Waals surface area contributed by atoms with E-state index in [1.54, 1.807) is 13.8 Å². The maximum atomic E-state index is 12.2. The summed E-state index contributed by atoms with van der Waals surface area (Å²) in [7, 11) is 0. The molecule has 1 atom stereocenters. The van der Waals surface area contributed by atoms with Crippen LogP contribution in [0.1, 0.15) is 24.3 Å². The van der Waals surface area contributed by atoms with Crippen molar-refractivity contribution in [1.29, 1.82) is 0 Å². The molecule has 0 fully saturated rings. The number of benzene rings is 1. The van der Waals surface area contributed by atoms with Gasteiger partial charge in [0, 0.05) is 17.5 Å². The lowest BCUT2D eigenvalue weighted by Crippen LogP contribution is -2.44. The second-order valence-electron chi connectivity index (χ2n) is 5.09. The number of rotatable bonds is 5. The van der Waals surface area contributed by atoms with Gasteiger partial charge in [-0.3, -0.25) is 20.0 Å². The lowest BCUT2D eigenvalue weighted by molar-refractivity contribution is -0.384. The topological polar surface area (TPSA) is 138 Å². The average Bonchev–Trinajstić information content (AvgIpc) is 2.86. The minimum absolute atomic E-state index is 0.0781. The molecule has 0 unspecified atom stereocenters. The SMILES string of the molecule is CC(C)[C@@H](NC(=O)c1n[nH]c2ccc([N+](=O)[O-])cc12)C(=O)O. The van der Waals surface area contributed by atoms with E-state index in [-0.39, 0.29) is 22.7 Å². The summed E-state index contributed by atoms with van der Waals surface area (Å²) in [6.07, 6.45) is 0. The fourth-order valence-corrected chi connectivity index (χ4v) is 2.01. The first-order valence-corrected chi connectivity index (χ1v) is 6.47. The van der Waals surface area contributed by atoms with E-state index >= 15 is 0 Å². The molecular formula is C13H14N4O5. The molecule has 1 amide bonds. The van der Waals surface area contributed by atoms with Gasteiger partial charge in [-0.1, -0.05) is 13.8 Å². The van der Waals surface area contributed by atoms with Gasteiger partial charge < -0.3 is 10.4 Å². The number of carbonyl (C=O) groups is 2. The molecule has 1 aromatic heterocycles. The fraction of sp³-hybridized carbons (Fsp3) is 0.308. The molecule has 0 aliphatic heterocycles. The Balaban J connectivity index is 2.37. The molecule has 0 radical (unpaired) electrons. The molecule has 22 heavy (non-hydrogen) atoms. The first-order chi connectivity index (χ1) is 10.3. The van der Waals surface area contributed by atoms with Crippen LogP contribution in [0.15, 0.2) is 18.2 Å². The summed E-state index contributed by atoms with van der Waals surface area (Å²) < 4.78 is 0.